The van der Waals surface area contributed by atoms with Crippen molar-refractivity contribution in [3.63, 3.8) is 0 Å². The number of thioether (sulfide) groups is 1. The van der Waals surface area contributed by atoms with E-state index < -0.39 is 0 Å². The van der Waals surface area contributed by atoms with E-state index in [1.165, 1.54) is 21.6 Å². The van der Waals surface area contributed by atoms with E-state index in [4.69, 9.17) is 5.26 Å². The molecule has 0 atom stereocenters. The van der Waals surface area contributed by atoms with Crippen LogP contribution in [0.1, 0.15) is 22.3 Å². The van der Waals surface area contributed by atoms with Crippen LogP contribution in [0.25, 0.3) is 0 Å². The van der Waals surface area contributed by atoms with Gasteiger partial charge >= 0.3 is 0 Å². The molecule has 0 aliphatic heterocycles. The molecule has 2 rings (SSSR count). The van der Waals surface area contributed by atoms with Crippen LogP contribution in [-0.4, -0.2) is 0 Å². The van der Waals surface area contributed by atoms with Crippen molar-refractivity contribution in [2.24, 2.45) is 0 Å². The Bertz CT molecular complexity index is 611. The van der Waals surface area contributed by atoms with Crippen molar-refractivity contribution in [1.82, 2.24) is 0 Å². The Kier molecular flexibility index (Phi) is 4.65. The zero-order chi connectivity index (χ0) is 13.7. The normalized spacial score (nSPS) is 10.2. The topological polar surface area (TPSA) is 23.8 Å². The van der Waals surface area contributed by atoms with Crippen LogP contribution in [0.4, 0.5) is 0 Å². The number of hydrogen-bond donors (Lipinski definition) is 0. The van der Waals surface area contributed by atoms with Crippen LogP contribution in [-0.2, 0) is 12.2 Å². The van der Waals surface area contributed by atoms with Crippen molar-refractivity contribution in [3.05, 3.63) is 64.7 Å². The molecule has 0 aliphatic carbocycles. The Balaban J connectivity index is 2.15. The molecule has 0 bridgehead atoms. The van der Waals surface area contributed by atoms with Gasteiger partial charge in [-0.25, -0.2) is 0 Å². The Morgan fingerprint density at radius 3 is 2.53 bits per heavy atom. The van der Waals surface area contributed by atoms with E-state index in [1.807, 2.05) is 30.0 Å². The van der Waals surface area contributed by atoms with Gasteiger partial charge in [-0.1, -0.05) is 42.0 Å². The zero-order valence-corrected chi connectivity index (χ0v) is 12.1. The van der Waals surface area contributed by atoms with Gasteiger partial charge < -0.3 is 0 Å². The van der Waals surface area contributed by atoms with Crippen molar-refractivity contribution in [2.75, 3.05) is 0 Å². The van der Waals surface area contributed by atoms with Crippen molar-refractivity contribution >= 4 is 11.8 Å². The lowest BCUT2D eigenvalue weighted by Gasteiger charge is -2.09. The van der Waals surface area contributed by atoms with Crippen LogP contribution in [0.3, 0.4) is 0 Å². The Morgan fingerprint density at radius 1 is 1.05 bits per heavy atom. The predicted molar refractivity (Wildman–Crippen MR) is 81.2 cm³/mol. The van der Waals surface area contributed by atoms with Gasteiger partial charge in [0.25, 0.3) is 0 Å². The number of benzene rings is 2. The van der Waals surface area contributed by atoms with Crippen LogP contribution in [0.5, 0.6) is 0 Å². The van der Waals surface area contributed by atoms with Crippen LogP contribution in [0.15, 0.2) is 47.4 Å². The first kappa shape index (κ1) is 13.7. The molecule has 96 valence electrons. The Labute approximate surface area is 119 Å². The first-order valence-electron chi connectivity index (χ1n) is 6.34. The fourth-order valence-corrected chi connectivity index (χ4v) is 3.13. The summed E-state index contributed by atoms with van der Waals surface area (Å²) < 4.78 is 0. The van der Waals surface area contributed by atoms with Gasteiger partial charge in [0.1, 0.15) is 0 Å². The molecule has 0 N–H and O–H groups in total. The predicted octanol–water partition coefficient (Wildman–Crippen LogP) is 4.66. The van der Waals surface area contributed by atoms with Crippen molar-refractivity contribution in [1.29, 1.82) is 5.26 Å². The molecule has 1 nitrogen and oxygen atoms in total. The molecular formula is C17H17NS. The summed E-state index contributed by atoms with van der Waals surface area (Å²) in [5.41, 5.74) is 5.00. The molecule has 0 radical (unpaired) electrons. The van der Waals surface area contributed by atoms with Crippen LogP contribution >= 0.6 is 11.8 Å². The molecule has 0 aromatic heterocycles. The van der Waals surface area contributed by atoms with E-state index in [0.29, 0.717) is 6.42 Å². The lowest BCUT2D eigenvalue weighted by molar-refractivity contribution is 1.19. The van der Waals surface area contributed by atoms with Crippen molar-refractivity contribution in [2.45, 2.75) is 30.9 Å². The second-order valence-corrected chi connectivity index (χ2v) is 5.68. The van der Waals surface area contributed by atoms with E-state index in [9.17, 15) is 0 Å². The summed E-state index contributed by atoms with van der Waals surface area (Å²) in [6.07, 6.45) is 0.490. The van der Waals surface area contributed by atoms with Gasteiger partial charge in [0.2, 0.25) is 0 Å². The summed E-state index contributed by atoms with van der Waals surface area (Å²) in [4.78, 5) is 1.33. The van der Waals surface area contributed by atoms with Crippen LogP contribution in [0.2, 0.25) is 0 Å². The van der Waals surface area contributed by atoms with Gasteiger partial charge in [0, 0.05) is 10.6 Å². The summed E-state index contributed by atoms with van der Waals surface area (Å²) in [5.74, 6) is 0.919. The highest BCUT2D eigenvalue weighted by molar-refractivity contribution is 7.98. The van der Waals surface area contributed by atoms with E-state index in [0.717, 1.165) is 11.3 Å². The smallest absolute Gasteiger partial charge is 0.0669 e. The highest BCUT2D eigenvalue weighted by Gasteiger charge is 2.04. The highest BCUT2D eigenvalue weighted by atomic mass is 32.2. The molecule has 0 heterocycles. The maximum Gasteiger partial charge on any atom is 0.0669 e. The average Bonchev–Trinajstić information content (AvgIpc) is 2.42. The molecule has 19 heavy (non-hydrogen) atoms. The zero-order valence-electron chi connectivity index (χ0n) is 11.3. The Hall–Kier alpha value is -1.72. The van der Waals surface area contributed by atoms with Crippen LogP contribution < -0.4 is 0 Å². The summed E-state index contributed by atoms with van der Waals surface area (Å²) in [6, 6.07) is 17.0. The number of nitrogens with zero attached hydrogens (tertiary/aromatic N) is 1. The molecule has 0 aliphatic rings. The van der Waals surface area contributed by atoms with Crippen molar-refractivity contribution < 1.29 is 0 Å². The third-order valence-corrected chi connectivity index (χ3v) is 4.32. The van der Waals surface area contributed by atoms with Gasteiger partial charge in [-0.2, -0.15) is 5.26 Å². The molecule has 0 amide bonds. The second kappa shape index (κ2) is 6.45. The summed E-state index contributed by atoms with van der Waals surface area (Å²) in [7, 11) is 0. The number of aryl methyl sites for hydroxylation is 2. The first-order valence-corrected chi connectivity index (χ1v) is 7.33. The van der Waals surface area contributed by atoms with E-state index in [2.05, 4.69) is 44.2 Å². The maximum atomic E-state index is 8.85. The summed E-state index contributed by atoms with van der Waals surface area (Å²) in [6.45, 7) is 4.26. The molecule has 2 aromatic carbocycles. The Morgan fingerprint density at radius 2 is 1.79 bits per heavy atom. The highest BCUT2D eigenvalue weighted by Crippen LogP contribution is 2.28. The molecule has 0 unspecified atom stereocenters. The minimum absolute atomic E-state index is 0.490. The molecular weight excluding hydrogens is 250 g/mol. The second-order valence-electron chi connectivity index (χ2n) is 4.66. The maximum absolute atomic E-state index is 8.85. The van der Waals surface area contributed by atoms with Gasteiger partial charge in [-0.3, -0.25) is 0 Å². The fraction of sp³-hybridized carbons (Fsp3) is 0.235. The largest absolute Gasteiger partial charge is 0.198 e. The monoisotopic (exact) mass is 267 g/mol. The standard InChI is InChI=1S/C17H17NS/c1-13-7-8-14(2)17(11-13)19-12-16-6-4-3-5-15(16)9-10-18/h3-8,11H,9,12H2,1-2H3. The third-order valence-electron chi connectivity index (χ3n) is 3.11. The lowest BCUT2D eigenvalue weighted by Crippen LogP contribution is -1.91. The molecule has 0 saturated carbocycles. The number of rotatable bonds is 4. The molecule has 2 aromatic rings. The summed E-state index contributed by atoms with van der Waals surface area (Å²) >= 11 is 1.84. The van der Waals surface area contributed by atoms with Gasteiger partial charge in [-0.15, -0.1) is 11.8 Å². The lowest BCUT2D eigenvalue weighted by atomic mass is 10.1. The minimum Gasteiger partial charge on any atom is -0.198 e. The number of nitriles is 1. The molecule has 2 heteroatoms. The fourth-order valence-electron chi connectivity index (χ4n) is 1.97. The van der Waals surface area contributed by atoms with Crippen LogP contribution in [0, 0.1) is 25.2 Å². The SMILES string of the molecule is Cc1ccc(C)c(SCc2ccccc2CC#N)c1. The quantitative estimate of drug-likeness (QED) is 0.752. The first-order chi connectivity index (χ1) is 9.20. The third kappa shape index (κ3) is 3.62. The molecule has 0 fully saturated rings. The molecule has 0 saturated heterocycles. The van der Waals surface area contributed by atoms with E-state index in [1.54, 1.807) is 0 Å². The van der Waals surface area contributed by atoms with Crippen molar-refractivity contribution in [3.8, 4) is 6.07 Å². The average molecular weight is 267 g/mol. The van der Waals surface area contributed by atoms with E-state index in [-0.39, 0.29) is 0 Å². The number of hydrogen-bond acceptors (Lipinski definition) is 2. The molecule has 0 spiro atoms. The van der Waals surface area contributed by atoms with Gasteiger partial charge in [0.05, 0.1) is 12.5 Å². The summed E-state index contributed by atoms with van der Waals surface area (Å²) in [5, 5.41) is 8.85. The minimum atomic E-state index is 0.490. The van der Waals surface area contributed by atoms with E-state index >= 15 is 0 Å². The van der Waals surface area contributed by atoms with Gasteiger partial charge in [-0.05, 0) is 36.6 Å². The van der Waals surface area contributed by atoms with Gasteiger partial charge in [0.15, 0.2) is 0 Å².